The zero-order valence-electron chi connectivity index (χ0n) is 10.1. The van der Waals surface area contributed by atoms with E-state index >= 15 is 0 Å². The molecule has 2 aromatic carbocycles. The minimum absolute atomic E-state index is 0.192. The summed E-state index contributed by atoms with van der Waals surface area (Å²) < 4.78 is 0. The van der Waals surface area contributed by atoms with Crippen LogP contribution in [0.15, 0.2) is 54.6 Å². The molecule has 1 nitrogen and oxygen atoms in total. The molecule has 0 aliphatic carbocycles. The van der Waals surface area contributed by atoms with E-state index in [0.29, 0.717) is 0 Å². The standard InChI is InChI=1S/C16H18O/c1-13-6-5-9-15(10-13)16(12-17)11-14-7-3-2-4-8-14/h2-10,16-17H,11-12H2,1H3. The van der Waals surface area contributed by atoms with Gasteiger partial charge in [0.2, 0.25) is 0 Å². The third kappa shape index (κ3) is 3.18. The van der Waals surface area contributed by atoms with E-state index in [9.17, 15) is 5.11 Å². The molecular formula is C16H18O. The molecule has 1 unspecified atom stereocenters. The van der Waals surface area contributed by atoms with Gasteiger partial charge in [-0.05, 0) is 24.5 Å². The van der Waals surface area contributed by atoms with Crippen LogP contribution in [-0.2, 0) is 6.42 Å². The Labute approximate surface area is 103 Å². The highest BCUT2D eigenvalue weighted by Crippen LogP contribution is 2.21. The highest BCUT2D eigenvalue weighted by atomic mass is 16.3. The third-order valence-electron chi connectivity index (χ3n) is 3.06. The maximum Gasteiger partial charge on any atom is 0.0502 e. The molecule has 0 amide bonds. The van der Waals surface area contributed by atoms with Gasteiger partial charge >= 0.3 is 0 Å². The Balaban J connectivity index is 2.17. The van der Waals surface area contributed by atoms with Crippen molar-refractivity contribution in [2.75, 3.05) is 6.61 Å². The molecule has 1 N–H and O–H groups in total. The Bertz CT molecular complexity index is 462. The van der Waals surface area contributed by atoms with Crippen LogP contribution in [0.2, 0.25) is 0 Å². The van der Waals surface area contributed by atoms with Crippen LogP contribution >= 0.6 is 0 Å². The van der Waals surface area contributed by atoms with Crippen molar-refractivity contribution in [1.82, 2.24) is 0 Å². The zero-order chi connectivity index (χ0) is 12.1. The first-order chi connectivity index (χ1) is 8.29. The average molecular weight is 226 g/mol. The molecule has 0 aliphatic heterocycles. The molecule has 1 atom stereocenters. The molecule has 0 aromatic heterocycles. The summed E-state index contributed by atoms with van der Waals surface area (Å²) in [6.45, 7) is 2.28. The largest absolute Gasteiger partial charge is 0.396 e. The monoisotopic (exact) mass is 226 g/mol. The summed E-state index contributed by atoms with van der Waals surface area (Å²) in [4.78, 5) is 0. The van der Waals surface area contributed by atoms with Crippen LogP contribution in [0.5, 0.6) is 0 Å². The number of benzene rings is 2. The third-order valence-corrected chi connectivity index (χ3v) is 3.06. The van der Waals surface area contributed by atoms with Gasteiger partial charge in [-0.25, -0.2) is 0 Å². The predicted molar refractivity (Wildman–Crippen MR) is 71.2 cm³/mol. The lowest BCUT2D eigenvalue weighted by Crippen LogP contribution is -2.07. The van der Waals surface area contributed by atoms with Crippen molar-refractivity contribution in [1.29, 1.82) is 0 Å². The van der Waals surface area contributed by atoms with Gasteiger partial charge in [0.15, 0.2) is 0 Å². The van der Waals surface area contributed by atoms with Gasteiger partial charge in [0.1, 0.15) is 0 Å². The minimum atomic E-state index is 0.192. The lowest BCUT2D eigenvalue weighted by Gasteiger charge is -2.15. The summed E-state index contributed by atoms with van der Waals surface area (Å²) in [7, 11) is 0. The number of hydrogen-bond donors (Lipinski definition) is 1. The van der Waals surface area contributed by atoms with Crippen molar-refractivity contribution in [3.05, 3.63) is 71.3 Å². The van der Waals surface area contributed by atoms with Crippen molar-refractivity contribution >= 4 is 0 Å². The molecule has 2 aromatic rings. The van der Waals surface area contributed by atoms with Gasteiger partial charge < -0.3 is 5.11 Å². The number of aliphatic hydroxyl groups excluding tert-OH is 1. The van der Waals surface area contributed by atoms with E-state index < -0.39 is 0 Å². The molecule has 0 radical (unpaired) electrons. The van der Waals surface area contributed by atoms with Crippen LogP contribution < -0.4 is 0 Å². The molecular weight excluding hydrogens is 208 g/mol. The van der Waals surface area contributed by atoms with E-state index in [4.69, 9.17) is 0 Å². The molecule has 17 heavy (non-hydrogen) atoms. The van der Waals surface area contributed by atoms with Crippen LogP contribution in [0.4, 0.5) is 0 Å². The fourth-order valence-electron chi connectivity index (χ4n) is 2.11. The Morgan fingerprint density at radius 3 is 2.41 bits per heavy atom. The normalized spacial score (nSPS) is 12.4. The Kier molecular flexibility index (Phi) is 3.94. The number of hydrogen-bond acceptors (Lipinski definition) is 1. The fraction of sp³-hybridized carbons (Fsp3) is 0.250. The lowest BCUT2D eigenvalue weighted by atomic mass is 9.92. The van der Waals surface area contributed by atoms with Crippen LogP contribution in [0, 0.1) is 6.92 Å². The summed E-state index contributed by atoms with van der Waals surface area (Å²) >= 11 is 0. The quantitative estimate of drug-likeness (QED) is 0.848. The van der Waals surface area contributed by atoms with Crippen LogP contribution in [0.3, 0.4) is 0 Å². The molecule has 1 heteroatoms. The van der Waals surface area contributed by atoms with Crippen LogP contribution in [0.1, 0.15) is 22.6 Å². The second kappa shape index (κ2) is 5.65. The summed E-state index contributed by atoms with van der Waals surface area (Å²) in [6, 6.07) is 18.7. The van der Waals surface area contributed by atoms with E-state index in [1.54, 1.807) is 0 Å². The van der Waals surface area contributed by atoms with E-state index in [1.165, 1.54) is 16.7 Å². The van der Waals surface area contributed by atoms with Crippen molar-refractivity contribution in [3.63, 3.8) is 0 Å². The lowest BCUT2D eigenvalue weighted by molar-refractivity contribution is 0.264. The second-order valence-electron chi connectivity index (χ2n) is 4.48. The molecule has 0 saturated heterocycles. The van der Waals surface area contributed by atoms with Gasteiger partial charge in [-0.15, -0.1) is 0 Å². The number of aryl methyl sites for hydroxylation is 1. The van der Waals surface area contributed by atoms with Gasteiger partial charge in [-0.1, -0.05) is 60.2 Å². The van der Waals surface area contributed by atoms with Crippen molar-refractivity contribution in [2.45, 2.75) is 19.3 Å². The summed E-state index contributed by atoms with van der Waals surface area (Å²) in [5.41, 5.74) is 3.73. The minimum Gasteiger partial charge on any atom is -0.396 e. The summed E-state index contributed by atoms with van der Waals surface area (Å²) in [5.74, 6) is 0.192. The van der Waals surface area contributed by atoms with Gasteiger partial charge in [-0.2, -0.15) is 0 Å². The predicted octanol–water partition coefficient (Wildman–Crippen LogP) is 3.31. The van der Waals surface area contributed by atoms with Gasteiger partial charge in [0, 0.05) is 5.92 Å². The molecule has 0 bridgehead atoms. The van der Waals surface area contributed by atoms with Crippen LogP contribution in [0.25, 0.3) is 0 Å². The van der Waals surface area contributed by atoms with Crippen molar-refractivity contribution < 1.29 is 5.11 Å². The van der Waals surface area contributed by atoms with Gasteiger partial charge in [0.05, 0.1) is 6.61 Å². The molecule has 0 spiro atoms. The molecule has 0 aliphatic rings. The maximum absolute atomic E-state index is 9.53. The fourth-order valence-corrected chi connectivity index (χ4v) is 2.11. The first kappa shape index (κ1) is 11.9. The smallest absolute Gasteiger partial charge is 0.0502 e. The van der Waals surface area contributed by atoms with Gasteiger partial charge in [-0.3, -0.25) is 0 Å². The topological polar surface area (TPSA) is 20.2 Å². The average Bonchev–Trinajstić information content (AvgIpc) is 2.37. The van der Waals surface area contributed by atoms with E-state index in [0.717, 1.165) is 6.42 Å². The molecule has 88 valence electrons. The highest BCUT2D eigenvalue weighted by molar-refractivity contribution is 5.28. The van der Waals surface area contributed by atoms with Gasteiger partial charge in [0.25, 0.3) is 0 Å². The molecule has 2 rings (SSSR count). The maximum atomic E-state index is 9.53. The molecule has 0 heterocycles. The van der Waals surface area contributed by atoms with E-state index in [1.807, 2.05) is 18.2 Å². The number of rotatable bonds is 4. The van der Waals surface area contributed by atoms with Crippen LogP contribution in [-0.4, -0.2) is 11.7 Å². The van der Waals surface area contributed by atoms with E-state index in [-0.39, 0.29) is 12.5 Å². The summed E-state index contributed by atoms with van der Waals surface area (Å²) in [5, 5.41) is 9.53. The molecule has 0 saturated carbocycles. The number of aliphatic hydroxyl groups is 1. The zero-order valence-corrected chi connectivity index (χ0v) is 10.1. The van der Waals surface area contributed by atoms with Crippen molar-refractivity contribution in [2.24, 2.45) is 0 Å². The Morgan fingerprint density at radius 2 is 1.76 bits per heavy atom. The highest BCUT2D eigenvalue weighted by Gasteiger charge is 2.11. The van der Waals surface area contributed by atoms with E-state index in [2.05, 4.69) is 43.3 Å². The van der Waals surface area contributed by atoms with Crippen molar-refractivity contribution in [3.8, 4) is 0 Å². The Hall–Kier alpha value is -1.60. The molecule has 0 fully saturated rings. The Morgan fingerprint density at radius 1 is 1.00 bits per heavy atom. The SMILES string of the molecule is Cc1cccc(C(CO)Cc2ccccc2)c1. The second-order valence-corrected chi connectivity index (χ2v) is 4.48. The first-order valence-corrected chi connectivity index (χ1v) is 6.01. The first-order valence-electron chi connectivity index (χ1n) is 6.01. The summed E-state index contributed by atoms with van der Waals surface area (Å²) in [6.07, 6.45) is 0.890.